The van der Waals surface area contributed by atoms with Crippen LogP contribution in [0.1, 0.15) is 34.1 Å². The molecule has 0 aromatic heterocycles. The van der Waals surface area contributed by atoms with Crippen molar-refractivity contribution in [2.75, 3.05) is 6.54 Å². The van der Waals surface area contributed by atoms with E-state index in [0.717, 1.165) is 6.54 Å². The molecule has 0 amide bonds. The lowest BCUT2D eigenvalue weighted by Gasteiger charge is -2.23. The number of hydrogen-bond acceptors (Lipinski definition) is 2. The normalized spacial score (nSPS) is 16.7. The second kappa shape index (κ2) is 3.93. The molecule has 70 valence electrons. The van der Waals surface area contributed by atoms with E-state index < -0.39 is 5.60 Å². The predicted molar refractivity (Wildman–Crippen MR) is 51.8 cm³/mol. The van der Waals surface area contributed by atoms with Gasteiger partial charge in [-0.3, -0.25) is 0 Å². The molecule has 0 aliphatic carbocycles. The molecular formula is C10H19NO. The number of hydrogen-bond donors (Lipinski definition) is 2. The topological polar surface area (TPSA) is 32.3 Å². The van der Waals surface area contributed by atoms with Crippen LogP contribution in [0.2, 0.25) is 0 Å². The Labute approximate surface area is 75.4 Å². The molecule has 12 heavy (non-hydrogen) atoms. The third-order valence-corrected chi connectivity index (χ3v) is 1.58. The van der Waals surface area contributed by atoms with Crippen molar-refractivity contribution in [3.63, 3.8) is 0 Å². The van der Waals surface area contributed by atoms with Crippen LogP contribution in [-0.4, -0.2) is 22.8 Å². The highest BCUT2D eigenvalue weighted by Crippen LogP contribution is 2.07. The van der Waals surface area contributed by atoms with Crippen molar-refractivity contribution in [3.05, 3.63) is 0 Å². The Morgan fingerprint density at radius 3 is 2.17 bits per heavy atom. The van der Waals surface area contributed by atoms with Gasteiger partial charge >= 0.3 is 0 Å². The Hall–Kier alpha value is -0.520. The molecule has 0 aliphatic rings. The number of terminal acetylenes is 1. The summed E-state index contributed by atoms with van der Waals surface area (Å²) >= 11 is 0. The van der Waals surface area contributed by atoms with E-state index in [1.165, 1.54) is 0 Å². The second-order valence-electron chi connectivity index (χ2n) is 4.34. The SMILES string of the molecule is C#CC(C)(O)CCNC(C)(C)C. The standard InChI is InChI=1S/C10H19NO/c1-6-10(5,12)7-8-11-9(2,3)4/h1,11-12H,7-8H2,2-5H3. The predicted octanol–water partition coefficient (Wildman–Crippen LogP) is 1.15. The summed E-state index contributed by atoms with van der Waals surface area (Å²) in [5.74, 6) is 2.34. The highest BCUT2D eigenvalue weighted by molar-refractivity contribution is 5.04. The maximum atomic E-state index is 9.44. The Kier molecular flexibility index (Phi) is 3.76. The first-order valence-electron chi connectivity index (χ1n) is 4.22. The van der Waals surface area contributed by atoms with Crippen molar-refractivity contribution >= 4 is 0 Å². The lowest BCUT2D eigenvalue weighted by atomic mass is 10.0. The molecule has 0 aliphatic heterocycles. The summed E-state index contributed by atoms with van der Waals surface area (Å²) in [5, 5.41) is 12.7. The van der Waals surface area contributed by atoms with Gasteiger partial charge in [0.1, 0.15) is 5.60 Å². The minimum Gasteiger partial charge on any atom is -0.378 e. The van der Waals surface area contributed by atoms with Crippen LogP contribution < -0.4 is 5.32 Å². The zero-order valence-electron chi connectivity index (χ0n) is 8.44. The maximum Gasteiger partial charge on any atom is 0.123 e. The zero-order chi connectivity index (χ0) is 9.83. The van der Waals surface area contributed by atoms with E-state index in [0.29, 0.717) is 6.42 Å². The quantitative estimate of drug-likeness (QED) is 0.621. The molecule has 0 rings (SSSR count). The van der Waals surface area contributed by atoms with Gasteiger partial charge in [0.25, 0.3) is 0 Å². The molecule has 0 saturated carbocycles. The Morgan fingerprint density at radius 1 is 1.33 bits per heavy atom. The molecule has 0 saturated heterocycles. The van der Waals surface area contributed by atoms with Crippen molar-refractivity contribution in [1.29, 1.82) is 0 Å². The maximum absolute atomic E-state index is 9.44. The van der Waals surface area contributed by atoms with E-state index in [9.17, 15) is 5.11 Å². The molecular weight excluding hydrogens is 150 g/mol. The van der Waals surface area contributed by atoms with Gasteiger partial charge in [0.15, 0.2) is 0 Å². The summed E-state index contributed by atoms with van der Waals surface area (Å²) in [6.07, 6.45) is 5.71. The fraction of sp³-hybridized carbons (Fsp3) is 0.800. The number of aliphatic hydroxyl groups is 1. The van der Waals surface area contributed by atoms with Gasteiger partial charge in [-0.1, -0.05) is 5.92 Å². The molecule has 1 unspecified atom stereocenters. The largest absolute Gasteiger partial charge is 0.378 e. The lowest BCUT2D eigenvalue weighted by Crippen LogP contribution is -2.39. The molecule has 1 atom stereocenters. The van der Waals surface area contributed by atoms with Gasteiger partial charge in [0.05, 0.1) is 0 Å². The van der Waals surface area contributed by atoms with Gasteiger partial charge in [-0.25, -0.2) is 0 Å². The van der Waals surface area contributed by atoms with E-state index in [4.69, 9.17) is 6.42 Å². The third kappa shape index (κ3) is 6.21. The first-order chi connectivity index (χ1) is 5.27. The first kappa shape index (κ1) is 11.5. The zero-order valence-corrected chi connectivity index (χ0v) is 8.44. The van der Waals surface area contributed by atoms with E-state index >= 15 is 0 Å². The van der Waals surface area contributed by atoms with Crippen LogP contribution in [-0.2, 0) is 0 Å². The first-order valence-corrected chi connectivity index (χ1v) is 4.22. The van der Waals surface area contributed by atoms with Gasteiger partial charge in [0, 0.05) is 5.54 Å². The molecule has 2 heteroatoms. The summed E-state index contributed by atoms with van der Waals surface area (Å²) < 4.78 is 0. The molecule has 0 radical (unpaired) electrons. The summed E-state index contributed by atoms with van der Waals surface area (Å²) in [6, 6.07) is 0. The molecule has 0 aromatic carbocycles. The fourth-order valence-electron chi connectivity index (χ4n) is 0.753. The van der Waals surface area contributed by atoms with Gasteiger partial charge in [-0.05, 0) is 40.7 Å². The smallest absolute Gasteiger partial charge is 0.123 e. The number of nitrogens with one attached hydrogen (secondary N) is 1. The van der Waals surface area contributed by atoms with Crippen LogP contribution in [0, 0.1) is 12.3 Å². The van der Waals surface area contributed by atoms with Gasteiger partial charge in [0.2, 0.25) is 0 Å². The molecule has 0 heterocycles. The van der Waals surface area contributed by atoms with Gasteiger partial charge in [-0.15, -0.1) is 6.42 Å². The van der Waals surface area contributed by atoms with Crippen molar-refractivity contribution in [3.8, 4) is 12.3 Å². The summed E-state index contributed by atoms with van der Waals surface area (Å²) in [7, 11) is 0. The molecule has 0 bridgehead atoms. The average Bonchev–Trinajstić information content (AvgIpc) is 1.84. The lowest BCUT2D eigenvalue weighted by molar-refractivity contribution is 0.110. The van der Waals surface area contributed by atoms with E-state index in [2.05, 4.69) is 32.0 Å². The molecule has 0 spiro atoms. The molecule has 0 fully saturated rings. The molecule has 0 aromatic rings. The Balaban J connectivity index is 3.66. The molecule has 2 nitrogen and oxygen atoms in total. The minimum absolute atomic E-state index is 0.0880. The second-order valence-corrected chi connectivity index (χ2v) is 4.34. The van der Waals surface area contributed by atoms with Crippen LogP contribution >= 0.6 is 0 Å². The summed E-state index contributed by atoms with van der Waals surface area (Å²) in [6.45, 7) is 8.63. The van der Waals surface area contributed by atoms with E-state index in [1.54, 1.807) is 6.92 Å². The highest BCUT2D eigenvalue weighted by atomic mass is 16.3. The van der Waals surface area contributed by atoms with Gasteiger partial charge in [-0.2, -0.15) is 0 Å². The third-order valence-electron chi connectivity index (χ3n) is 1.58. The van der Waals surface area contributed by atoms with E-state index in [1.807, 2.05) is 0 Å². The van der Waals surface area contributed by atoms with Crippen LogP contribution in [0.3, 0.4) is 0 Å². The van der Waals surface area contributed by atoms with Crippen LogP contribution in [0.15, 0.2) is 0 Å². The van der Waals surface area contributed by atoms with Crippen LogP contribution in [0.5, 0.6) is 0 Å². The summed E-state index contributed by atoms with van der Waals surface area (Å²) in [5.41, 5.74) is -0.886. The summed E-state index contributed by atoms with van der Waals surface area (Å²) in [4.78, 5) is 0. The van der Waals surface area contributed by atoms with Crippen molar-refractivity contribution in [2.45, 2.75) is 45.3 Å². The average molecular weight is 169 g/mol. The van der Waals surface area contributed by atoms with Crippen molar-refractivity contribution in [1.82, 2.24) is 5.32 Å². The Bertz CT molecular complexity index is 171. The van der Waals surface area contributed by atoms with Crippen molar-refractivity contribution in [2.24, 2.45) is 0 Å². The van der Waals surface area contributed by atoms with E-state index in [-0.39, 0.29) is 5.54 Å². The van der Waals surface area contributed by atoms with Crippen LogP contribution in [0.4, 0.5) is 0 Å². The fourth-order valence-corrected chi connectivity index (χ4v) is 0.753. The highest BCUT2D eigenvalue weighted by Gasteiger charge is 2.17. The minimum atomic E-state index is -0.974. The monoisotopic (exact) mass is 169 g/mol. The van der Waals surface area contributed by atoms with Crippen molar-refractivity contribution < 1.29 is 5.11 Å². The van der Waals surface area contributed by atoms with Crippen LogP contribution in [0.25, 0.3) is 0 Å². The molecule has 2 N–H and O–H groups in total. The Morgan fingerprint density at radius 2 is 1.83 bits per heavy atom. The number of rotatable bonds is 3. The van der Waals surface area contributed by atoms with Gasteiger partial charge < -0.3 is 10.4 Å².